The minimum absolute atomic E-state index is 0.0974. The van der Waals surface area contributed by atoms with Crippen LogP contribution >= 0.6 is 0 Å². The van der Waals surface area contributed by atoms with Crippen molar-refractivity contribution in [3.05, 3.63) is 0 Å². The molecule has 2 aliphatic heterocycles. The first-order valence-electron chi connectivity index (χ1n) is 6.62. The summed E-state index contributed by atoms with van der Waals surface area (Å²) in [6.07, 6.45) is 2.35. The Hall–Kier alpha value is -1.28. The van der Waals surface area contributed by atoms with Crippen LogP contribution in [0.4, 0.5) is 4.79 Å². The Labute approximate surface area is 109 Å². The van der Waals surface area contributed by atoms with Gasteiger partial charge in [-0.3, -0.25) is 0 Å². The zero-order valence-electron chi connectivity index (χ0n) is 11.4. The summed E-state index contributed by atoms with van der Waals surface area (Å²) >= 11 is 0. The number of amides is 2. The van der Waals surface area contributed by atoms with Crippen LogP contribution in [0.25, 0.3) is 0 Å². The molecule has 0 radical (unpaired) electrons. The molecule has 0 aromatic heterocycles. The summed E-state index contributed by atoms with van der Waals surface area (Å²) in [5.41, 5.74) is -0.723. The lowest BCUT2D eigenvalue weighted by molar-refractivity contribution is 0.168. The molecule has 0 saturated carbocycles. The van der Waals surface area contributed by atoms with Gasteiger partial charge in [0.15, 0.2) is 0 Å². The molecule has 2 heterocycles. The average molecular weight is 250 g/mol. The van der Waals surface area contributed by atoms with E-state index in [0.29, 0.717) is 12.5 Å². The lowest BCUT2D eigenvalue weighted by Crippen LogP contribution is -2.45. The lowest BCUT2D eigenvalue weighted by atomic mass is 9.91. The van der Waals surface area contributed by atoms with Crippen molar-refractivity contribution in [1.29, 1.82) is 5.26 Å². The molecule has 0 aromatic rings. The van der Waals surface area contributed by atoms with Crippen molar-refractivity contribution >= 4 is 6.03 Å². The van der Waals surface area contributed by atoms with Gasteiger partial charge in [-0.05, 0) is 46.2 Å². The van der Waals surface area contributed by atoms with Crippen LogP contribution in [0.5, 0.6) is 0 Å². The number of nitrogens with one attached hydrogen (secondary N) is 1. The van der Waals surface area contributed by atoms with Crippen LogP contribution in [0.2, 0.25) is 0 Å². The number of urea groups is 1. The van der Waals surface area contributed by atoms with E-state index in [4.69, 9.17) is 5.26 Å². The van der Waals surface area contributed by atoms with E-state index < -0.39 is 5.54 Å². The summed E-state index contributed by atoms with van der Waals surface area (Å²) in [4.78, 5) is 15.9. The predicted octanol–water partition coefficient (Wildman–Crippen LogP) is 1.02. The maximum atomic E-state index is 12.0. The molecule has 2 unspecified atom stereocenters. The molecular weight excluding hydrogens is 228 g/mol. The van der Waals surface area contributed by atoms with E-state index >= 15 is 0 Å². The van der Waals surface area contributed by atoms with E-state index in [1.54, 1.807) is 18.7 Å². The Bertz CT molecular complexity index is 374. The van der Waals surface area contributed by atoms with Gasteiger partial charge in [0.05, 0.1) is 12.1 Å². The highest BCUT2D eigenvalue weighted by molar-refractivity contribution is 5.78. The molecule has 2 aliphatic rings. The van der Waals surface area contributed by atoms with Gasteiger partial charge < -0.3 is 15.1 Å². The second-order valence-electron chi connectivity index (χ2n) is 6.00. The van der Waals surface area contributed by atoms with Crippen molar-refractivity contribution < 1.29 is 4.79 Å². The Morgan fingerprint density at radius 2 is 2.17 bits per heavy atom. The number of nitrogens with zero attached hydrogens (tertiary/aromatic N) is 3. The predicted molar refractivity (Wildman–Crippen MR) is 68.9 cm³/mol. The third-order valence-corrected chi connectivity index (χ3v) is 4.11. The van der Waals surface area contributed by atoms with Crippen LogP contribution in [-0.2, 0) is 0 Å². The minimum Gasteiger partial charge on any atom is -0.333 e. The number of nitriles is 1. The number of likely N-dealkylation sites (tertiary alicyclic amines) is 1. The van der Waals surface area contributed by atoms with E-state index in [2.05, 4.69) is 23.3 Å². The van der Waals surface area contributed by atoms with Crippen molar-refractivity contribution in [3.8, 4) is 6.07 Å². The van der Waals surface area contributed by atoms with Crippen molar-refractivity contribution in [3.63, 3.8) is 0 Å². The fourth-order valence-electron chi connectivity index (χ4n) is 2.91. The van der Waals surface area contributed by atoms with Crippen molar-refractivity contribution in [1.82, 2.24) is 15.1 Å². The second kappa shape index (κ2) is 4.77. The van der Waals surface area contributed by atoms with Gasteiger partial charge in [-0.2, -0.15) is 5.26 Å². The Morgan fingerprint density at radius 1 is 1.44 bits per heavy atom. The molecule has 2 rings (SSSR count). The molecule has 100 valence electrons. The fourth-order valence-corrected chi connectivity index (χ4v) is 2.91. The number of hydrogen-bond acceptors (Lipinski definition) is 3. The first-order chi connectivity index (χ1) is 8.44. The number of hydrogen-bond donors (Lipinski definition) is 1. The topological polar surface area (TPSA) is 59.4 Å². The summed E-state index contributed by atoms with van der Waals surface area (Å²) in [6, 6.07) is 2.29. The summed E-state index contributed by atoms with van der Waals surface area (Å²) in [5.74, 6) is 0.507. The van der Waals surface area contributed by atoms with E-state index in [1.807, 2.05) is 0 Å². The quantitative estimate of drug-likeness (QED) is 0.796. The van der Waals surface area contributed by atoms with Crippen LogP contribution in [0, 0.1) is 17.2 Å². The second-order valence-corrected chi connectivity index (χ2v) is 6.00. The smallest absolute Gasteiger partial charge is 0.319 e. The number of carbonyl (C=O) groups is 1. The van der Waals surface area contributed by atoms with Gasteiger partial charge in [0, 0.05) is 13.1 Å². The first kappa shape index (κ1) is 13.2. The van der Waals surface area contributed by atoms with Gasteiger partial charge in [0.2, 0.25) is 0 Å². The van der Waals surface area contributed by atoms with E-state index in [9.17, 15) is 4.79 Å². The van der Waals surface area contributed by atoms with Gasteiger partial charge in [-0.1, -0.05) is 0 Å². The highest BCUT2D eigenvalue weighted by atomic mass is 16.2. The molecule has 2 atom stereocenters. The normalized spacial score (nSPS) is 30.1. The monoisotopic (exact) mass is 250 g/mol. The molecule has 5 heteroatoms. The molecule has 2 amide bonds. The molecule has 2 fully saturated rings. The highest BCUT2D eigenvalue weighted by Gasteiger charge is 2.41. The molecule has 5 nitrogen and oxygen atoms in total. The molecule has 0 aliphatic carbocycles. The molecule has 18 heavy (non-hydrogen) atoms. The summed E-state index contributed by atoms with van der Waals surface area (Å²) in [6.45, 7) is 6.41. The molecule has 0 bridgehead atoms. The van der Waals surface area contributed by atoms with Crippen LogP contribution in [0.3, 0.4) is 0 Å². The highest BCUT2D eigenvalue weighted by Crippen LogP contribution is 2.26. The largest absolute Gasteiger partial charge is 0.333 e. The van der Waals surface area contributed by atoms with Gasteiger partial charge in [0.1, 0.15) is 5.54 Å². The van der Waals surface area contributed by atoms with Gasteiger partial charge >= 0.3 is 6.03 Å². The van der Waals surface area contributed by atoms with Crippen LogP contribution < -0.4 is 5.32 Å². The van der Waals surface area contributed by atoms with Crippen LogP contribution in [0.15, 0.2) is 0 Å². The summed E-state index contributed by atoms with van der Waals surface area (Å²) < 4.78 is 0. The van der Waals surface area contributed by atoms with Crippen molar-refractivity contribution in [2.24, 2.45) is 5.92 Å². The van der Waals surface area contributed by atoms with Gasteiger partial charge in [0.25, 0.3) is 0 Å². The maximum absolute atomic E-state index is 12.0. The standard InChI is InChI=1S/C13H22N4O/c1-13(2,9-14)17-8-11(15-12(17)18)10-5-4-6-16(3)7-10/h10-11H,4-8H2,1-3H3,(H,15,18). The molecular formula is C13H22N4O. The summed E-state index contributed by atoms with van der Waals surface area (Å²) in [5, 5.41) is 12.2. The zero-order chi connectivity index (χ0) is 13.3. The molecule has 0 aromatic carbocycles. The molecule has 2 saturated heterocycles. The van der Waals surface area contributed by atoms with E-state index in [1.165, 1.54) is 6.42 Å². The van der Waals surface area contributed by atoms with Crippen LogP contribution in [0.1, 0.15) is 26.7 Å². The average Bonchev–Trinajstić information content (AvgIpc) is 2.72. The van der Waals surface area contributed by atoms with Crippen molar-refractivity contribution in [2.45, 2.75) is 38.3 Å². The maximum Gasteiger partial charge on any atom is 0.319 e. The molecule has 1 N–H and O–H groups in total. The number of carbonyl (C=O) groups excluding carboxylic acids is 1. The number of rotatable bonds is 2. The molecule has 0 spiro atoms. The Kier molecular flexibility index (Phi) is 3.49. The van der Waals surface area contributed by atoms with Crippen molar-refractivity contribution in [2.75, 3.05) is 26.7 Å². The van der Waals surface area contributed by atoms with Gasteiger partial charge in [-0.15, -0.1) is 0 Å². The Balaban J connectivity index is 2.02. The Morgan fingerprint density at radius 3 is 2.78 bits per heavy atom. The third-order valence-electron chi connectivity index (χ3n) is 4.11. The zero-order valence-corrected chi connectivity index (χ0v) is 11.4. The third kappa shape index (κ3) is 2.44. The SMILES string of the molecule is CN1CCCC(C2CN(C(C)(C)C#N)C(=O)N2)C1. The minimum atomic E-state index is -0.723. The van der Waals surface area contributed by atoms with E-state index in [0.717, 1.165) is 19.5 Å². The fraction of sp³-hybridized carbons (Fsp3) is 0.846. The first-order valence-corrected chi connectivity index (χ1v) is 6.62. The van der Waals surface area contributed by atoms with E-state index in [-0.39, 0.29) is 12.1 Å². The lowest BCUT2D eigenvalue weighted by Gasteiger charge is -2.33. The van der Waals surface area contributed by atoms with Gasteiger partial charge in [-0.25, -0.2) is 4.79 Å². The number of piperidine rings is 1. The summed E-state index contributed by atoms with van der Waals surface area (Å²) in [7, 11) is 2.12. The van der Waals surface area contributed by atoms with Crippen LogP contribution in [-0.4, -0.2) is 54.1 Å².